The number of methoxy groups -OCH3 is 1. The van der Waals surface area contributed by atoms with Crippen LogP contribution in [0.25, 0.3) is 23.0 Å². The topological polar surface area (TPSA) is 61.0 Å². The fourth-order valence-electron chi connectivity index (χ4n) is 1.90. The van der Waals surface area contributed by atoms with E-state index in [-0.39, 0.29) is 11.5 Å². The van der Waals surface area contributed by atoms with Crippen LogP contribution >= 0.6 is 0 Å². The number of hydrogen-bond donors (Lipinski definition) is 0. The molecule has 2 heterocycles. The molecule has 0 aliphatic carbocycles. The van der Waals surface area contributed by atoms with E-state index in [0.29, 0.717) is 17.3 Å². The maximum atomic E-state index is 14.0. The molecular formula is C15H12FN3O2. The second-order valence-corrected chi connectivity index (χ2v) is 4.43. The zero-order valence-corrected chi connectivity index (χ0v) is 11.5. The molecule has 0 aliphatic rings. The van der Waals surface area contributed by atoms with Crippen molar-refractivity contribution in [3.8, 4) is 28.7 Å². The van der Waals surface area contributed by atoms with Crippen LogP contribution in [0.15, 0.2) is 40.9 Å². The lowest BCUT2D eigenvalue weighted by Crippen LogP contribution is -1.89. The summed E-state index contributed by atoms with van der Waals surface area (Å²) >= 11 is 0. The van der Waals surface area contributed by atoms with Crippen molar-refractivity contribution >= 4 is 0 Å². The molecule has 3 rings (SSSR count). The predicted molar refractivity (Wildman–Crippen MR) is 74.2 cm³/mol. The van der Waals surface area contributed by atoms with Crippen molar-refractivity contribution in [2.45, 2.75) is 6.92 Å². The lowest BCUT2D eigenvalue weighted by atomic mass is 10.2. The van der Waals surface area contributed by atoms with Crippen molar-refractivity contribution in [3.05, 3.63) is 47.9 Å². The van der Waals surface area contributed by atoms with Gasteiger partial charge in [-0.25, -0.2) is 9.37 Å². The first-order valence-electron chi connectivity index (χ1n) is 6.29. The maximum absolute atomic E-state index is 14.0. The molecule has 0 amide bonds. The molecule has 5 nitrogen and oxygen atoms in total. The maximum Gasteiger partial charge on any atom is 0.261 e. The van der Waals surface area contributed by atoms with Crippen molar-refractivity contribution in [2.24, 2.45) is 0 Å². The Morgan fingerprint density at radius 3 is 2.71 bits per heavy atom. The molecule has 21 heavy (non-hydrogen) atoms. The quantitative estimate of drug-likeness (QED) is 0.739. The Labute approximate surface area is 120 Å². The van der Waals surface area contributed by atoms with Crippen molar-refractivity contribution in [1.82, 2.24) is 15.1 Å². The van der Waals surface area contributed by atoms with Crippen LogP contribution in [0.4, 0.5) is 4.39 Å². The highest BCUT2D eigenvalue weighted by molar-refractivity contribution is 5.59. The number of rotatable bonds is 3. The zero-order valence-electron chi connectivity index (χ0n) is 11.5. The highest BCUT2D eigenvalue weighted by atomic mass is 19.1. The molecule has 106 valence electrons. The summed E-state index contributed by atoms with van der Waals surface area (Å²) in [7, 11) is 1.47. The fourth-order valence-corrected chi connectivity index (χ4v) is 1.90. The second kappa shape index (κ2) is 5.32. The smallest absolute Gasteiger partial charge is 0.261 e. The highest BCUT2D eigenvalue weighted by Gasteiger charge is 2.15. The molecule has 0 unspecified atom stereocenters. The van der Waals surface area contributed by atoms with Gasteiger partial charge in [0, 0.05) is 11.8 Å². The van der Waals surface area contributed by atoms with Gasteiger partial charge in [-0.1, -0.05) is 11.2 Å². The molecule has 0 N–H and O–H groups in total. The summed E-state index contributed by atoms with van der Waals surface area (Å²) in [5.41, 5.74) is 1.65. The first kappa shape index (κ1) is 13.2. The normalized spacial score (nSPS) is 10.6. The van der Waals surface area contributed by atoms with Crippen LogP contribution in [0.2, 0.25) is 0 Å². The summed E-state index contributed by atoms with van der Waals surface area (Å²) in [5.74, 6) is 0.371. The molecule has 0 saturated heterocycles. The zero-order chi connectivity index (χ0) is 14.8. The van der Waals surface area contributed by atoms with Gasteiger partial charge in [0.05, 0.1) is 12.7 Å². The van der Waals surface area contributed by atoms with E-state index in [4.69, 9.17) is 9.26 Å². The van der Waals surface area contributed by atoms with E-state index in [2.05, 4.69) is 15.1 Å². The molecule has 0 bridgehead atoms. The molecular weight excluding hydrogens is 273 g/mol. The molecule has 6 heteroatoms. The van der Waals surface area contributed by atoms with E-state index in [1.54, 1.807) is 12.1 Å². The van der Waals surface area contributed by atoms with E-state index in [0.717, 1.165) is 5.69 Å². The number of halogens is 1. The number of pyridine rings is 1. The Kier molecular flexibility index (Phi) is 3.35. The number of benzene rings is 1. The van der Waals surface area contributed by atoms with Gasteiger partial charge in [-0.2, -0.15) is 4.98 Å². The number of ether oxygens (including phenoxy) is 1. The average molecular weight is 285 g/mol. The SMILES string of the molecule is COc1ccc(-c2nc(-c3cccc(C)n3)no2)c(F)c1. The van der Waals surface area contributed by atoms with Gasteiger partial charge in [-0.3, -0.25) is 0 Å². The van der Waals surface area contributed by atoms with Crippen LogP contribution in [0.1, 0.15) is 5.69 Å². The van der Waals surface area contributed by atoms with Crippen LogP contribution in [0.5, 0.6) is 5.75 Å². The van der Waals surface area contributed by atoms with Gasteiger partial charge in [0.1, 0.15) is 17.3 Å². The van der Waals surface area contributed by atoms with Gasteiger partial charge < -0.3 is 9.26 Å². The molecule has 0 aliphatic heterocycles. The van der Waals surface area contributed by atoms with Gasteiger partial charge in [-0.05, 0) is 31.2 Å². The minimum absolute atomic E-state index is 0.105. The number of aryl methyl sites for hydroxylation is 1. The number of hydrogen-bond acceptors (Lipinski definition) is 5. The summed E-state index contributed by atoms with van der Waals surface area (Å²) in [6.45, 7) is 1.87. The van der Waals surface area contributed by atoms with Crippen molar-refractivity contribution < 1.29 is 13.7 Å². The van der Waals surface area contributed by atoms with Gasteiger partial charge in [0.15, 0.2) is 0 Å². The predicted octanol–water partition coefficient (Wildman–Crippen LogP) is 3.25. The lowest BCUT2D eigenvalue weighted by Gasteiger charge is -2.01. The third-order valence-electron chi connectivity index (χ3n) is 2.95. The number of aromatic nitrogens is 3. The lowest BCUT2D eigenvalue weighted by molar-refractivity contribution is 0.410. The molecule has 2 aromatic heterocycles. The Morgan fingerprint density at radius 2 is 2.00 bits per heavy atom. The monoisotopic (exact) mass is 285 g/mol. The van der Waals surface area contributed by atoms with E-state index >= 15 is 0 Å². The van der Waals surface area contributed by atoms with E-state index < -0.39 is 5.82 Å². The molecule has 0 fully saturated rings. The molecule has 1 aromatic carbocycles. The van der Waals surface area contributed by atoms with Crippen LogP contribution in [-0.2, 0) is 0 Å². The van der Waals surface area contributed by atoms with Crippen molar-refractivity contribution in [3.63, 3.8) is 0 Å². The van der Waals surface area contributed by atoms with E-state index in [1.807, 2.05) is 19.1 Å². The van der Waals surface area contributed by atoms with Crippen LogP contribution in [-0.4, -0.2) is 22.2 Å². The third-order valence-corrected chi connectivity index (χ3v) is 2.95. The summed E-state index contributed by atoms with van der Waals surface area (Å²) in [6, 6.07) is 9.92. The number of nitrogens with zero attached hydrogens (tertiary/aromatic N) is 3. The van der Waals surface area contributed by atoms with E-state index in [9.17, 15) is 4.39 Å². The Bertz CT molecular complexity index is 786. The summed E-state index contributed by atoms with van der Waals surface area (Å²) in [5, 5.41) is 3.84. The Balaban J connectivity index is 1.98. The van der Waals surface area contributed by atoms with Gasteiger partial charge in [-0.15, -0.1) is 0 Å². The van der Waals surface area contributed by atoms with Gasteiger partial charge in [0.25, 0.3) is 5.89 Å². The second-order valence-electron chi connectivity index (χ2n) is 4.43. The Hall–Kier alpha value is -2.76. The summed E-state index contributed by atoms with van der Waals surface area (Å²) in [6.07, 6.45) is 0. The van der Waals surface area contributed by atoms with Gasteiger partial charge >= 0.3 is 0 Å². The van der Waals surface area contributed by atoms with Crippen LogP contribution < -0.4 is 4.74 Å². The molecule has 0 saturated carbocycles. The molecule has 0 spiro atoms. The minimum atomic E-state index is -0.484. The minimum Gasteiger partial charge on any atom is -0.497 e. The largest absolute Gasteiger partial charge is 0.497 e. The summed E-state index contributed by atoms with van der Waals surface area (Å²) < 4.78 is 24.0. The third kappa shape index (κ3) is 2.60. The first-order valence-corrected chi connectivity index (χ1v) is 6.29. The summed E-state index contributed by atoms with van der Waals surface area (Å²) in [4.78, 5) is 8.49. The average Bonchev–Trinajstić information content (AvgIpc) is 2.96. The molecule has 0 radical (unpaired) electrons. The fraction of sp³-hybridized carbons (Fsp3) is 0.133. The van der Waals surface area contributed by atoms with Crippen LogP contribution in [0.3, 0.4) is 0 Å². The van der Waals surface area contributed by atoms with E-state index in [1.165, 1.54) is 19.2 Å². The van der Waals surface area contributed by atoms with Crippen molar-refractivity contribution in [1.29, 1.82) is 0 Å². The van der Waals surface area contributed by atoms with Gasteiger partial charge in [0.2, 0.25) is 5.82 Å². The van der Waals surface area contributed by atoms with Crippen LogP contribution in [0, 0.1) is 12.7 Å². The molecule has 0 atom stereocenters. The molecule has 3 aromatic rings. The standard InChI is InChI=1S/C15H12FN3O2/c1-9-4-3-5-13(17-9)14-18-15(21-19-14)11-7-6-10(20-2)8-12(11)16/h3-8H,1-2H3. The first-order chi connectivity index (χ1) is 10.2. The van der Waals surface area contributed by atoms with Crippen molar-refractivity contribution in [2.75, 3.05) is 7.11 Å². The highest BCUT2D eigenvalue weighted by Crippen LogP contribution is 2.26. The Morgan fingerprint density at radius 1 is 1.14 bits per heavy atom.